The van der Waals surface area contributed by atoms with Gasteiger partial charge in [0.05, 0.1) is 18.0 Å². The highest BCUT2D eigenvalue weighted by Gasteiger charge is 2.22. The lowest BCUT2D eigenvalue weighted by molar-refractivity contribution is 0.0252. The molecule has 0 aliphatic carbocycles. The summed E-state index contributed by atoms with van der Waals surface area (Å²) in [5.41, 5.74) is 1.61. The van der Waals surface area contributed by atoms with Crippen LogP contribution in [0, 0.1) is 0 Å². The third kappa shape index (κ3) is 2.76. The fourth-order valence-corrected chi connectivity index (χ4v) is 2.40. The van der Waals surface area contributed by atoms with Crippen molar-refractivity contribution >= 4 is 5.97 Å². The van der Waals surface area contributed by atoms with Crippen molar-refractivity contribution in [1.29, 1.82) is 0 Å². The lowest BCUT2D eigenvalue weighted by Crippen LogP contribution is -2.34. The molecule has 1 aliphatic rings. The lowest BCUT2D eigenvalue weighted by Gasteiger charge is -2.24. The minimum atomic E-state index is -1.19. The van der Waals surface area contributed by atoms with Crippen LogP contribution >= 0.6 is 0 Å². The third-order valence-corrected chi connectivity index (χ3v) is 3.46. The highest BCUT2D eigenvalue weighted by molar-refractivity contribution is 5.92. The van der Waals surface area contributed by atoms with E-state index in [-0.39, 0.29) is 17.4 Å². The molecule has 0 bridgehead atoms. The Bertz CT molecular complexity index is 699. The van der Waals surface area contributed by atoms with Crippen molar-refractivity contribution < 1.29 is 19.7 Å². The monoisotopic (exact) mass is 301 g/mol. The number of aromatic nitrogens is 2. The molecule has 1 atom stereocenters. The summed E-state index contributed by atoms with van der Waals surface area (Å²) in [6.45, 7) is 1.99. The van der Waals surface area contributed by atoms with Gasteiger partial charge in [-0.2, -0.15) is 0 Å². The molecule has 0 radical (unpaired) electrons. The number of hydrogen-bond acceptors (Lipinski definition) is 6. The first-order chi connectivity index (χ1) is 10.7. The Morgan fingerprint density at radius 2 is 2.14 bits per heavy atom. The summed E-state index contributed by atoms with van der Waals surface area (Å²) in [6, 6.07) is 4.35. The number of nitrogens with zero attached hydrogens (tertiary/aromatic N) is 2. The number of rotatable bonds is 3. The molecule has 2 heterocycles. The number of hydrogen-bond donors (Lipinski definition) is 3. The van der Waals surface area contributed by atoms with Crippen LogP contribution in [0.4, 0.5) is 0 Å². The summed E-state index contributed by atoms with van der Waals surface area (Å²) >= 11 is 0. The predicted molar refractivity (Wildman–Crippen MR) is 77.7 cm³/mol. The Kier molecular flexibility index (Phi) is 3.99. The van der Waals surface area contributed by atoms with Crippen LogP contribution in [0.25, 0.3) is 11.3 Å². The average molecular weight is 301 g/mol. The molecule has 7 heteroatoms. The van der Waals surface area contributed by atoms with Crippen LogP contribution in [0.1, 0.15) is 22.2 Å². The Labute approximate surface area is 126 Å². The van der Waals surface area contributed by atoms with Gasteiger partial charge in [-0.05, 0) is 18.2 Å². The molecule has 0 unspecified atom stereocenters. The van der Waals surface area contributed by atoms with Gasteiger partial charge >= 0.3 is 5.97 Å². The standard InChI is InChI=1S/C15H15N3O4/c19-11-2-1-9(7-10(11)15(20)21)13-14(18-4-3-17-13)12-8-16-5-6-22-12/h1-4,7,12,16,19H,5-6,8H2,(H,20,21)/t12-/m0/s1. The van der Waals surface area contributed by atoms with E-state index in [1.54, 1.807) is 18.5 Å². The highest BCUT2D eigenvalue weighted by atomic mass is 16.5. The molecule has 0 amide bonds. The number of carboxylic acid groups (broad SMARTS) is 1. The van der Waals surface area contributed by atoms with E-state index in [9.17, 15) is 9.90 Å². The van der Waals surface area contributed by atoms with Gasteiger partial charge in [-0.15, -0.1) is 0 Å². The quantitative estimate of drug-likeness (QED) is 0.782. The lowest BCUT2D eigenvalue weighted by atomic mass is 10.0. The SMILES string of the molecule is O=C(O)c1cc(-c2nccnc2[C@@H]2CNCCO2)ccc1O. The van der Waals surface area contributed by atoms with Gasteiger partial charge < -0.3 is 20.3 Å². The average Bonchev–Trinajstić information content (AvgIpc) is 2.56. The summed E-state index contributed by atoms with van der Waals surface area (Å²) in [5, 5.41) is 22.0. The second-order valence-corrected chi connectivity index (χ2v) is 4.89. The van der Waals surface area contributed by atoms with Crippen molar-refractivity contribution in [2.24, 2.45) is 0 Å². The van der Waals surface area contributed by atoms with E-state index in [0.717, 1.165) is 6.54 Å². The van der Waals surface area contributed by atoms with Crippen molar-refractivity contribution in [3.63, 3.8) is 0 Å². The highest BCUT2D eigenvalue weighted by Crippen LogP contribution is 2.30. The van der Waals surface area contributed by atoms with Gasteiger partial charge in [0.2, 0.25) is 0 Å². The van der Waals surface area contributed by atoms with Crippen molar-refractivity contribution in [1.82, 2.24) is 15.3 Å². The number of morpholine rings is 1. The molecule has 1 aromatic heterocycles. The summed E-state index contributed by atoms with van der Waals surface area (Å²) in [4.78, 5) is 19.8. The number of benzene rings is 1. The fourth-order valence-electron chi connectivity index (χ4n) is 2.40. The summed E-state index contributed by atoms with van der Waals surface area (Å²) in [5.74, 6) is -1.47. The van der Waals surface area contributed by atoms with Crippen LogP contribution in [0.15, 0.2) is 30.6 Å². The second-order valence-electron chi connectivity index (χ2n) is 4.89. The number of ether oxygens (including phenoxy) is 1. The molecule has 1 aliphatic heterocycles. The van der Waals surface area contributed by atoms with Crippen molar-refractivity contribution in [3.05, 3.63) is 41.9 Å². The van der Waals surface area contributed by atoms with Gasteiger partial charge in [0.1, 0.15) is 17.4 Å². The first kappa shape index (κ1) is 14.4. The molecular formula is C15H15N3O4. The fraction of sp³-hybridized carbons (Fsp3) is 0.267. The van der Waals surface area contributed by atoms with Crippen LogP contribution in [0.5, 0.6) is 5.75 Å². The van der Waals surface area contributed by atoms with E-state index in [1.807, 2.05) is 0 Å². The number of aromatic hydroxyl groups is 1. The number of nitrogens with one attached hydrogen (secondary N) is 1. The van der Waals surface area contributed by atoms with Gasteiger partial charge in [0.25, 0.3) is 0 Å². The van der Waals surface area contributed by atoms with Gasteiger partial charge in [0.15, 0.2) is 0 Å². The van der Waals surface area contributed by atoms with Crippen molar-refractivity contribution in [2.75, 3.05) is 19.7 Å². The maximum Gasteiger partial charge on any atom is 0.339 e. The Morgan fingerprint density at radius 1 is 1.32 bits per heavy atom. The van der Waals surface area contributed by atoms with Gasteiger partial charge in [-0.1, -0.05) is 0 Å². The van der Waals surface area contributed by atoms with Crippen LogP contribution in [0.2, 0.25) is 0 Å². The van der Waals surface area contributed by atoms with E-state index in [4.69, 9.17) is 9.84 Å². The van der Waals surface area contributed by atoms with Crippen LogP contribution in [-0.4, -0.2) is 45.8 Å². The minimum absolute atomic E-state index is 0.170. The zero-order valence-electron chi connectivity index (χ0n) is 11.7. The number of aromatic carboxylic acids is 1. The Morgan fingerprint density at radius 3 is 2.86 bits per heavy atom. The molecule has 22 heavy (non-hydrogen) atoms. The van der Waals surface area contributed by atoms with Crippen LogP contribution < -0.4 is 5.32 Å². The van der Waals surface area contributed by atoms with Gasteiger partial charge in [0, 0.05) is 31.0 Å². The molecule has 3 N–H and O–H groups in total. The zero-order valence-corrected chi connectivity index (χ0v) is 11.7. The minimum Gasteiger partial charge on any atom is -0.507 e. The molecule has 1 fully saturated rings. The summed E-state index contributed by atoms with van der Waals surface area (Å²) in [7, 11) is 0. The first-order valence-electron chi connectivity index (χ1n) is 6.86. The molecule has 7 nitrogen and oxygen atoms in total. The molecule has 3 rings (SSSR count). The van der Waals surface area contributed by atoms with E-state index in [0.29, 0.717) is 30.1 Å². The molecule has 1 aromatic carbocycles. The molecule has 114 valence electrons. The Balaban J connectivity index is 2.05. The number of carbonyl (C=O) groups is 1. The molecule has 0 spiro atoms. The van der Waals surface area contributed by atoms with E-state index in [2.05, 4.69) is 15.3 Å². The summed E-state index contributed by atoms with van der Waals surface area (Å²) < 4.78 is 5.70. The number of carboxylic acids is 1. The summed E-state index contributed by atoms with van der Waals surface area (Å²) in [6.07, 6.45) is 2.89. The second kappa shape index (κ2) is 6.08. The predicted octanol–water partition coefficient (Wildman–Crippen LogP) is 1.21. The zero-order chi connectivity index (χ0) is 15.5. The third-order valence-electron chi connectivity index (χ3n) is 3.46. The maximum absolute atomic E-state index is 11.2. The number of phenols is 1. The molecular weight excluding hydrogens is 286 g/mol. The van der Waals surface area contributed by atoms with Crippen LogP contribution in [0.3, 0.4) is 0 Å². The Hall–Kier alpha value is -2.51. The smallest absolute Gasteiger partial charge is 0.339 e. The van der Waals surface area contributed by atoms with E-state index >= 15 is 0 Å². The van der Waals surface area contributed by atoms with E-state index < -0.39 is 5.97 Å². The van der Waals surface area contributed by atoms with Crippen molar-refractivity contribution in [3.8, 4) is 17.0 Å². The first-order valence-corrected chi connectivity index (χ1v) is 6.86. The van der Waals surface area contributed by atoms with E-state index in [1.165, 1.54) is 12.1 Å². The largest absolute Gasteiger partial charge is 0.507 e. The van der Waals surface area contributed by atoms with Crippen molar-refractivity contribution in [2.45, 2.75) is 6.10 Å². The molecule has 1 saturated heterocycles. The normalized spacial score (nSPS) is 18.1. The molecule has 0 saturated carbocycles. The molecule has 2 aromatic rings. The van der Waals surface area contributed by atoms with Gasteiger partial charge in [-0.25, -0.2) is 4.79 Å². The van der Waals surface area contributed by atoms with Crippen LogP contribution in [-0.2, 0) is 4.74 Å². The maximum atomic E-state index is 11.2. The van der Waals surface area contributed by atoms with Gasteiger partial charge in [-0.3, -0.25) is 9.97 Å². The topological polar surface area (TPSA) is 105 Å².